The van der Waals surface area contributed by atoms with Crippen LogP contribution in [0.2, 0.25) is 0 Å². The number of aliphatic carboxylic acids is 1. The number of hydrogen-bond acceptors (Lipinski definition) is 12. The molecule has 0 amide bonds. The van der Waals surface area contributed by atoms with Crippen molar-refractivity contribution >= 4 is 18.0 Å². The lowest BCUT2D eigenvalue weighted by molar-refractivity contribution is -0.342. The van der Waals surface area contributed by atoms with Crippen molar-refractivity contribution in [2.45, 2.75) is 56.4 Å². The minimum absolute atomic E-state index is 0.00703. The van der Waals surface area contributed by atoms with E-state index in [1.165, 1.54) is 25.3 Å². The Hall–Kier alpha value is -3.20. The summed E-state index contributed by atoms with van der Waals surface area (Å²) in [6, 6.07) is 4.45. The largest absolute Gasteiger partial charge is 0.504 e. The van der Waals surface area contributed by atoms with E-state index in [2.05, 4.69) is 0 Å². The molecule has 2 fully saturated rings. The van der Waals surface area contributed by atoms with Gasteiger partial charge in [0.15, 0.2) is 17.8 Å². The first-order valence-corrected chi connectivity index (χ1v) is 12.4. The monoisotopic (exact) mass is 552 g/mol. The number of carboxylic acid groups (broad SMARTS) is 1. The molecule has 4 rings (SSSR count). The first-order chi connectivity index (χ1) is 18.5. The molecular weight excluding hydrogens is 520 g/mol. The van der Waals surface area contributed by atoms with Gasteiger partial charge in [-0.15, -0.1) is 0 Å². The number of ether oxygens (including phenoxy) is 5. The predicted octanol–water partition coefficient (Wildman–Crippen LogP) is -0.261. The maximum Gasteiger partial charge on any atom is 0.334 e. The quantitative estimate of drug-likeness (QED) is 0.182. The van der Waals surface area contributed by atoms with Crippen molar-refractivity contribution in [2.24, 2.45) is 17.8 Å². The third-order valence-corrected chi connectivity index (χ3v) is 7.41. The van der Waals surface area contributed by atoms with Crippen LogP contribution in [-0.2, 0) is 28.5 Å². The summed E-state index contributed by atoms with van der Waals surface area (Å²) in [5.41, 5.74) is 0.534. The summed E-state index contributed by atoms with van der Waals surface area (Å²) in [5.74, 6) is -3.39. The molecule has 1 saturated heterocycles. The van der Waals surface area contributed by atoms with Gasteiger partial charge in [-0.3, -0.25) is 0 Å². The molecule has 2 aliphatic heterocycles. The van der Waals surface area contributed by atoms with Gasteiger partial charge >= 0.3 is 11.9 Å². The fourth-order valence-corrected chi connectivity index (χ4v) is 5.15. The Kier molecular flexibility index (Phi) is 8.79. The average Bonchev–Trinajstić information content (AvgIpc) is 3.21. The van der Waals surface area contributed by atoms with Crippen molar-refractivity contribution in [1.82, 2.24) is 0 Å². The molecule has 2 heterocycles. The summed E-state index contributed by atoms with van der Waals surface area (Å²) in [6.45, 7) is 1.23. The van der Waals surface area contributed by atoms with E-state index in [0.717, 1.165) is 12.3 Å². The Morgan fingerprint density at radius 3 is 2.54 bits per heavy atom. The predicted molar refractivity (Wildman–Crippen MR) is 130 cm³/mol. The first-order valence-electron chi connectivity index (χ1n) is 12.4. The van der Waals surface area contributed by atoms with E-state index < -0.39 is 79.4 Å². The van der Waals surface area contributed by atoms with Gasteiger partial charge in [0.25, 0.3) is 0 Å². The van der Waals surface area contributed by atoms with Crippen molar-refractivity contribution in [3.05, 3.63) is 41.7 Å². The second-order valence-electron chi connectivity index (χ2n) is 9.77. The van der Waals surface area contributed by atoms with Crippen LogP contribution in [0.1, 0.15) is 18.9 Å². The molecule has 214 valence electrons. The summed E-state index contributed by atoms with van der Waals surface area (Å²) in [5, 5.41) is 60.7. The van der Waals surface area contributed by atoms with Crippen LogP contribution < -0.4 is 4.74 Å². The smallest absolute Gasteiger partial charge is 0.334 e. The molecule has 13 heteroatoms. The summed E-state index contributed by atoms with van der Waals surface area (Å²) >= 11 is 0. The number of aliphatic hydroxyl groups excluding tert-OH is 4. The molecule has 1 aromatic carbocycles. The standard InChI is InChI=1S/C26H32O13/c1-11-16(28)8-13-14(24(33)34)9-37-25(20(11)13)39-26-23(32)22(31)21(30)18(38-26)10-36-19(29)6-4-12-3-5-15(27)17(7-12)35-2/h3-7,9,11,13,16,18,20-23,25-28,30-32H,8,10H2,1-2H3,(H,33,34)/b6-4+/t11-,13-,16+,18-,20-,21-,22+,23-,25+,26+/m1/s1. The highest BCUT2D eigenvalue weighted by Gasteiger charge is 2.53. The lowest BCUT2D eigenvalue weighted by Crippen LogP contribution is -2.60. The lowest BCUT2D eigenvalue weighted by Gasteiger charge is -2.43. The van der Waals surface area contributed by atoms with Gasteiger partial charge in [0, 0.05) is 17.9 Å². The zero-order valence-electron chi connectivity index (χ0n) is 21.2. The van der Waals surface area contributed by atoms with E-state index in [1.54, 1.807) is 13.0 Å². The number of carbonyl (C=O) groups is 2. The van der Waals surface area contributed by atoms with Crippen molar-refractivity contribution in [1.29, 1.82) is 0 Å². The molecule has 6 N–H and O–H groups in total. The van der Waals surface area contributed by atoms with Crippen molar-refractivity contribution in [3.8, 4) is 11.5 Å². The molecule has 13 nitrogen and oxygen atoms in total. The van der Waals surface area contributed by atoms with Gasteiger partial charge in [-0.05, 0) is 36.1 Å². The van der Waals surface area contributed by atoms with Crippen molar-refractivity contribution in [3.63, 3.8) is 0 Å². The number of aromatic hydroxyl groups is 1. The van der Waals surface area contributed by atoms with Gasteiger partial charge in [0.2, 0.25) is 6.29 Å². The zero-order chi connectivity index (χ0) is 28.4. The van der Waals surface area contributed by atoms with Crippen LogP contribution in [0.3, 0.4) is 0 Å². The Labute approximate surface area is 223 Å². The normalized spacial score (nSPS) is 36.1. The number of fused-ring (bicyclic) bond motifs is 1. The highest BCUT2D eigenvalue weighted by Crippen LogP contribution is 2.47. The number of phenolic OH excluding ortho intramolecular Hbond substituents is 1. The number of carboxylic acids is 1. The average molecular weight is 553 g/mol. The highest BCUT2D eigenvalue weighted by molar-refractivity contribution is 5.87. The molecule has 1 aliphatic carbocycles. The summed E-state index contributed by atoms with van der Waals surface area (Å²) in [6.07, 6.45) is -6.03. The Balaban J connectivity index is 1.40. The SMILES string of the molecule is COc1cc(/C=C/C(=O)OC[C@H]2O[C@@H](O[C@@H]3OC=C(C(=O)O)[C@H]4C[C@H](O)[C@@H](C)[C@@H]34)[C@H](O)[C@@H](O)[C@@H]2O)ccc1O. The van der Waals surface area contributed by atoms with Crippen LogP contribution in [0.5, 0.6) is 11.5 Å². The van der Waals surface area contributed by atoms with E-state index in [0.29, 0.717) is 5.56 Å². The lowest BCUT2D eigenvalue weighted by atomic mass is 9.83. The second-order valence-corrected chi connectivity index (χ2v) is 9.77. The van der Waals surface area contributed by atoms with Crippen LogP contribution >= 0.6 is 0 Å². The molecule has 0 spiro atoms. The molecule has 0 bridgehead atoms. The molecule has 10 atom stereocenters. The minimum atomic E-state index is -1.72. The number of methoxy groups -OCH3 is 1. The number of esters is 1. The molecule has 1 saturated carbocycles. The fourth-order valence-electron chi connectivity index (χ4n) is 5.15. The molecule has 3 aliphatic rings. The van der Waals surface area contributed by atoms with Crippen LogP contribution in [0, 0.1) is 17.8 Å². The summed E-state index contributed by atoms with van der Waals surface area (Å²) in [7, 11) is 1.38. The number of hydrogen-bond donors (Lipinski definition) is 6. The number of phenols is 1. The van der Waals surface area contributed by atoms with Gasteiger partial charge in [-0.2, -0.15) is 0 Å². The summed E-state index contributed by atoms with van der Waals surface area (Å²) in [4.78, 5) is 23.9. The minimum Gasteiger partial charge on any atom is -0.504 e. The van der Waals surface area contributed by atoms with Crippen LogP contribution in [-0.4, -0.2) is 99.4 Å². The van der Waals surface area contributed by atoms with E-state index in [-0.39, 0.29) is 23.5 Å². The van der Waals surface area contributed by atoms with E-state index in [4.69, 9.17) is 23.7 Å². The van der Waals surface area contributed by atoms with E-state index in [1.807, 2.05) is 0 Å². The van der Waals surface area contributed by atoms with Crippen molar-refractivity contribution < 1.29 is 63.9 Å². The van der Waals surface area contributed by atoms with Crippen LogP contribution in [0.25, 0.3) is 6.08 Å². The number of aliphatic hydroxyl groups is 4. The molecule has 39 heavy (non-hydrogen) atoms. The van der Waals surface area contributed by atoms with Gasteiger partial charge in [0.05, 0.1) is 25.0 Å². The fraction of sp³-hybridized carbons (Fsp3) is 0.538. The molecular formula is C26H32O13. The molecule has 1 aromatic rings. The van der Waals surface area contributed by atoms with Gasteiger partial charge in [-0.1, -0.05) is 13.0 Å². The molecule has 0 radical (unpaired) electrons. The molecule has 0 aromatic heterocycles. The molecule has 0 unspecified atom stereocenters. The third-order valence-electron chi connectivity index (χ3n) is 7.41. The van der Waals surface area contributed by atoms with Gasteiger partial charge in [0.1, 0.15) is 31.0 Å². The van der Waals surface area contributed by atoms with E-state index in [9.17, 15) is 40.2 Å². The van der Waals surface area contributed by atoms with Crippen molar-refractivity contribution in [2.75, 3.05) is 13.7 Å². The topological polar surface area (TPSA) is 202 Å². The zero-order valence-corrected chi connectivity index (χ0v) is 21.2. The number of rotatable bonds is 8. The second kappa shape index (κ2) is 11.9. The Morgan fingerprint density at radius 1 is 1.10 bits per heavy atom. The first kappa shape index (κ1) is 28.8. The van der Waals surface area contributed by atoms with Gasteiger partial charge in [-0.25, -0.2) is 9.59 Å². The van der Waals surface area contributed by atoms with Crippen LogP contribution in [0.15, 0.2) is 36.1 Å². The van der Waals surface area contributed by atoms with E-state index >= 15 is 0 Å². The van der Waals surface area contributed by atoms with Crippen LogP contribution in [0.4, 0.5) is 0 Å². The highest BCUT2D eigenvalue weighted by atomic mass is 16.8. The summed E-state index contributed by atoms with van der Waals surface area (Å²) < 4.78 is 27.1. The maximum atomic E-state index is 12.2. The maximum absolute atomic E-state index is 12.2. The Bertz CT molecular complexity index is 1120. The number of carbonyl (C=O) groups excluding carboxylic acids is 1. The Morgan fingerprint density at radius 2 is 1.85 bits per heavy atom. The number of benzene rings is 1. The van der Waals surface area contributed by atoms with Gasteiger partial charge < -0.3 is 54.3 Å². The third kappa shape index (κ3) is 6.03.